The van der Waals surface area contributed by atoms with Crippen molar-refractivity contribution in [1.29, 1.82) is 0 Å². The van der Waals surface area contributed by atoms with Crippen molar-refractivity contribution in [3.63, 3.8) is 0 Å². The Bertz CT molecular complexity index is 1150. The summed E-state index contributed by atoms with van der Waals surface area (Å²) in [5.41, 5.74) is 2.75. The summed E-state index contributed by atoms with van der Waals surface area (Å²) in [5, 5.41) is 11.3. The number of phenolic OH excluding ortho intramolecular Hbond substituents is 1. The number of aromatic amines is 1. The second-order valence-electron chi connectivity index (χ2n) is 7.51. The van der Waals surface area contributed by atoms with E-state index in [9.17, 15) is 9.90 Å². The molecule has 0 atom stereocenters. The highest BCUT2D eigenvalue weighted by molar-refractivity contribution is 9.10. The molecule has 1 fully saturated rings. The summed E-state index contributed by atoms with van der Waals surface area (Å²) in [6, 6.07) is 5.18. The van der Waals surface area contributed by atoms with E-state index in [1.54, 1.807) is 24.4 Å². The van der Waals surface area contributed by atoms with Crippen molar-refractivity contribution in [3.8, 4) is 11.5 Å². The Labute approximate surface area is 176 Å². The maximum Gasteiger partial charge on any atom is 0.231 e. The maximum absolute atomic E-state index is 13.0. The van der Waals surface area contributed by atoms with Crippen molar-refractivity contribution in [2.75, 3.05) is 13.1 Å². The molecule has 4 heterocycles. The van der Waals surface area contributed by atoms with Crippen molar-refractivity contribution in [2.45, 2.75) is 25.8 Å². The molecule has 2 aliphatic heterocycles. The number of allylic oxidation sites excluding steroid dienone is 1. The van der Waals surface area contributed by atoms with Crippen molar-refractivity contribution >= 4 is 38.8 Å². The van der Waals surface area contributed by atoms with Crippen LogP contribution in [0, 0.1) is 0 Å². The van der Waals surface area contributed by atoms with E-state index in [-0.39, 0.29) is 17.3 Å². The summed E-state index contributed by atoms with van der Waals surface area (Å²) < 4.78 is 6.87. The van der Waals surface area contributed by atoms with E-state index in [1.165, 1.54) is 6.42 Å². The second kappa shape index (κ2) is 7.31. The summed E-state index contributed by atoms with van der Waals surface area (Å²) in [6.45, 7) is 2.58. The molecule has 1 saturated heterocycles. The number of aromatic nitrogens is 2. The highest BCUT2D eigenvalue weighted by Gasteiger charge is 2.32. The molecule has 2 aromatic heterocycles. The molecule has 0 spiro atoms. The average molecular weight is 454 g/mol. The van der Waals surface area contributed by atoms with E-state index in [0.29, 0.717) is 23.4 Å². The number of fused-ring (bicyclic) bond motifs is 2. The fourth-order valence-electron chi connectivity index (χ4n) is 4.05. The number of piperidine rings is 1. The molecule has 0 saturated carbocycles. The summed E-state index contributed by atoms with van der Waals surface area (Å²) in [4.78, 5) is 22.7. The molecule has 29 heavy (non-hydrogen) atoms. The van der Waals surface area contributed by atoms with Gasteiger partial charge in [0, 0.05) is 34.4 Å². The van der Waals surface area contributed by atoms with Gasteiger partial charge >= 0.3 is 0 Å². The molecule has 3 aromatic rings. The van der Waals surface area contributed by atoms with E-state index in [1.807, 2.05) is 12.3 Å². The zero-order valence-corrected chi connectivity index (χ0v) is 17.3. The first-order chi connectivity index (χ1) is 14.1. The third kappa shape index (κ3) is 3.34. The van der Waals surface area contributed by atoms with Gasteiger partial charge in [-0.15, -0.1) is 0 Å². The van der Waals surface area contributed by atoms with Crippen molar-refractivity contribution in [2.24, 2.45) is 0 Å². The zero-order chi connectivity index (χ0) is 20.0. The first-order valence-corrected chi connectivity index (χ1v) is 10.5. The average Bonchev–Trinajstić information content (AvgIpc) is 3.26. The molecule has 0 amide bonds. The first kappa shape index (κ1) is 18.4. The quantitative estimate of drug-likeness (QED) is 0.565. The molecule has 1 aromatic carbocycles. The number of rotatable bonds is 3. The van der Waals surface area contributed by atoms with E-state index in [4.69, 9.17) is 4.74 Å². The minimum Gasteiger partial charge on any atom is -0.507 e. The maximum atomic E-state index is 13.0. The molecule has 0 bridgehead atoms. The van der Waals surface area contributed by atoms with Crippen molar-refractivity contribution in [3.05, 3.63) is 57.5 Å². The topological polar surface area (TPSA) is 78.5 Å². The molecular formula is C22H20BrN3O3. The Hall–Kier alpha value is -2.64. The van der Waals surface area contributed by atoms with Gasteiger partial charge in [-0.05, 0) is 66.1 Å². The third-order valence-corrected chi connectivity index (χ3v) is 6.00. The van der Waals surface area contributed by atoms with E-state index < -0.39 is 0 Å². The highest BCUT2D eigenvalue weighted by Crippen LogP contribution is 2.40. The third-order valence-electron chi connectivity index (χ3n) is 5.56. The molecule has 0 aliphatic carbocycles. The number of hydrogen-bond acceptors (Lipinski definition) is 5. The smallest absolute Gasteiger partial charge is 0.231 e. The van der Waals surface area contributed by atoms with Crippen molar-refractivity contribution in [1.82, 2.24) is 14.9 Å². The Morgan fingerprint density at radius 2 is 2.10 bits per heavy atom. The normalized spacial score (nSPS) is 18.4. The van der Waals surface area contributed by atoms with Crippen LogP contribution in [0.2, 0.25) is 0 Å². The molecule has 5 rings (SSSR count). The summed E-state index contributed by atoms with van der Waals surface area (Å²) in [7, 11) is 0. The van der Waals surface area contributed by atoms with Crippen LogP contribution in [0.25, 0.3) is 17.1 Å². The summed E-state index contributed by atoms with van der Waals surface area (Å²) >= 11 is 3.44. The van der Waals surface area contributed by atoms with Gasteiger partial charge in [-0.1, -0.05) is 6.42 Å². The number of nitrogens with one attached hydrogen (secondary N) is 1. The van der Waals surface area contributed by atoms with Gasteiger partial charge < -0.3 is 14.8 Å². The van der Waals surface area contributed by atoms with E-state index >= 15 is 0 Å². The van der Waals surface area contributed by atoms with Crippen LogP contribution >= 0.6 is 15.9 Å². The monoisotopic (exact) mass is 453 g/mol. The van der Waals surface area contributed by atoms with Gasteiger partial charge in [0.15, 0.2) is 5.76 Å². The predicted octanol–water partition coefficient (Wildman–Crippen LogP) is 4.63. The second-order valence-corrected chi connectivity index (χ2v) is 8.43. The lowest BCUT2D eigenvalue weighted by Gasteiger charge is -2.27. The van der Waals surface area contributed by atoms with Crippen LogP contribution in [0.5, 0.6) is 11.5 Å². The van der Waals surface area contributed by atoms with Gasteiger partial charge in [-0.2, -0.15) is 0 Å². The molecule has 0 radical (unpaired) electrons. The van der Waals surface area contributed by atoms with Crippen LogP contribution in [0.4, 0.5) is 0 Å². The number of aromatic hydroxyl groups is 1. The predicted molar refractivity (Wildman–Crippen MR) is 114 cm³/mol. The Balaban J connectivity index is 1.50. The van der Waals surface area contributed by atoms with Crippen LogP contribution in [0.1, 0.15) is 40.7 Å². The van der Waals surface area contributed by atoms with Crippen LogP contribution in [-0.4, -0.2) is 38.8 Å². The summed E-state index contributed by atoms with van der Waals surface area (Å²) in [5.74, 6) is 0.734. The van der Waals surface area contributed by atoms with E-state index in [2.05, 4.69) is 30.8 Å². The minimum absolute atomic E-state index is 0.169. The zero-order valence-electron chi connectivity index (χ0n) is 15.7. The van der Waals surface area contributed by atoms with Crippen LogP contribution in [-0.2, 0) is 6.54 Å². The minimum atomic E-state index is -0.169. The molecule has 2 aliphatic rings. The fraction of sp³-hybridized carbons (Fsp3) is 0.273. The number of ether oxygens (including phenoxy) is 1. The number of Topliss-reactive ketones (excluding diaryl/α,β-unsaturated/α-hetero) is 1. The lowest BCUT2D eigenvalue weighted by atomic mass is 10.0. The first-order valence-electron chi connectivity index (χ1n) is 9.74. The Morgan fingerprint density at radius 1 is 1.28 bits per heavy atom. The number of carbonyl (C=O) groups is 1. The van der Waals surface area contributed by atoms with Gasteiger partial charge in [-0.25, -0.2) is 4.98 Å². The SMILES string of the molecule is O=C1/C(=C/c2c[nH]c3ncc(Br)cc23)Oc2c1ccc(O)c2CN1CCCCC1. The van der Waals surface area contributed by atoms with Crippen LogP contribution in [0.15, 0.2) is 40.8 Å². The van der Waals surface area contributed by atoms with Crippen molar-refractivity contribution < 1.29 is 14.6 Å². The highest BCUT2D eigenvalue weighted by atomic mass is 79.9. The molecular weight excluding hydrogens is 434 g/mol. The van der Waals surface area contributed by atoms with Crippen LogP contribution < -0.4 is 4.74 Å². The Kier molecular flexibility index (Phi) is 4.64. The molecule has 2 N–H and O–H groups in total. The number of pyridine rings is 1. The number of nitrogens with zero attached hydrogens (tertiary/aromatic N) is 2. The molecule has 6 nitrogen and oxygen atoms in total. The largest absolute Gasteiger partial charge is 0.507 e. The molecule has 7 heteroatoms. The Morgan fingerprint density at radius 3 is 2.93 bits per heavy atom. The lowest BCUT2D eigenvalue weighted by molar-refractivity contribution is 0.101. The number of halogens is 1. The number of likely N-dealkylation sites (tertiary alicyclic amines) is 1. The lowest BCUT2D eigenvalue weighted by Crippen LogP contribution is -2.29. The van der Waals surface area contributed by atoms with Gasteiger partial charge in [-0.3, -0.25) is 9.69 Å². The summed E-state index contributed by atoms with van der Waals surface area (Å²) in [6.07, 6.45) is 8.82. The number of benzene rings is 1. The molecule has 0 unspecified atom stereocenters. The fourth-order valence-corrected chi connectivity index (χ4v) is 4.38. The van der Waals surface area contributed by atoms with Gasteiger partial charge in [0.2, 0.25) is 5.78 Å². The van der Waals surface area contributed by atoms with E-state index in [0.717, 1.165) is 47.0 Å². The number of phenols is 1. The number of ketones is 1. The number of H-pyrrole nitrogens is 1. The number of hydrogen-bond donors (Lipinski definition) is 2. The number of carbonyl (C=O) groups excluding carboxylic acids is 1. The van der Waals surface area contributed by atoms with Gasteiger partial charge in [0.1, 0.15) is 17.1 Å². The van der Waals surface area contributed by atoms with Gasteiger partial charge in [0.25, 0.3) is 0 Å². The standard InChI is InChI=1S/C22H20BrN3O3/c23-14-9-16-13(10-24-22(16)25-11-14)8-19-20(28)15-4-5-18(27)17(21(15)29-19)12-26-6-2-1-3-7-26/h4-5,8-11,27H,1-3,6-7,12H2,(H,24,25)/b19-8-. The van der Waals surface area contributed by atoms with Gasteiger partial charge in [0.05, 0.1) is 11.1 Å². The molecule has 148 valence electrons. The van der Waals surface area contributed by atoms with Crippen LogP contribution in [0.3, 0.4) is 0 Å².